The molecule has 0 atom stereocenters. The van der Waals surface area contributed by atoms with E-state index in [0.717, 1.165) is 0 Å². The van der Waals surface area contributed by atoms with Gasteiger partial charge in [-0.2, -0.15) is 0 Å². The van der Waals surface area contributed by atoms with E-state index in [1.807, 2.05) is 35.7 Å². The molecule has 17 heavy (non-hydrogen) atoms. The average Bonchev–Trinajstić information content (AvgIpc) is 2.59. The molecule has 1 aliphatic rings. The van der Waals surface area contributed by atoms with Crippen molar-refractivity contribution in [3.05, 3.63) is 30.1 Å². The smallest absolute Gasteiger partial charge is 0.464 e. The second-order valence-electron chi connectivity index (χ2n) is 3.67. The summed E-state index contributed by atoms with van der Waals surface area (Å²) in [7, 11) is 3.85. The van der Waals surface area contributed by atoms with Crippen molar-refractivity contribution < 1.29 is 25.9 Å². The average molecular weight is 256 g/mol. The van der Waals surface area contributed by atoms with E-state index in [2.05, 4.69) is 10.2 Å². The fraction of sp³-hybridized carbons (Fsp3) is 0.273. The predicted octanol–water partition coefficient (Wildman–Crippen LogP) is -1.36. The zero-order valence-electron chi connectivity index (χ0n) is 9.59. The van der Waals surface area contributed by atoms with Crippen LogP contribution in [0.2, 0.25) is 0 Å². The molecule has 0 spiro atoms. The van der Waals surface area contributed by atoms with E-state index in [4.69, 9.17) is 0 Å². The molecule has 0 bridgehead atoms. The molecule has 0 fully saturated rings. The Balaban J connectivity index is 0.00000144. The lowest BCUT2D eigenvalue weighted by Gasteiger charge is -1.97. The Morgan fingerprint density at radius 1 is 1.06 bits per heavy atom. The molecule has 0 aromatic heterocycles. The van der Waals surface area contributed by atoms with Gasteiger partial charge in [-0.1, -0.05) is 0 Å². The van der Waals surface area contributed by atoms with Gasteiger partial charge in [0.05, 0.1) is 5.69 Å². The topological polar surface area (TPSA) is 30.7 Å². The summed E-state index contributed by atoms with van der Waals surface area (Å²) in [6.07, 6.45) is 3.73. The lowest BCUT2D eigenvalue weighted by molar-refractivity contribution is -0.737. The van der Waals surface area contributed by atoms with Gasteiger partial charge in [0.25, 0.3) is 0 Å². The summed E-state index contributed by atoms with van der Waals surface area (Å²) in [4.78, 5) is 0. The van der Waals surface area contributed by atoms with E-state index < -0.39 is 0 Å². The molecule has 0 radical (unpaired) electrons. The van der Waals surface area contributed by atoms with Crippen LogP contribution >= 0.6 is 0 Å². The minimum Gasteiger partial charge on any atom is -1.00 e. The van der Waals surface area contributed by atoms with Crippen LogP contribution in [0.1, 0.15) is 0 Å². The van der Waals surface area contributed by atoms with Crippen LogP contribution in [0.15, 0.2) is 34.5 Å². The lowest BCUT2D eigenvalue weighted by atomic mass is 10.3. The Morgan fingerprint density at radius 2 is 1.59 bits per heavy atom. The molecule has 1 aromatic carbocycles. The van der Waals surface area contributed by atoms with Crippen molar-refractivity contribution in [2.45, 2.75) is 6.29 Å². The van der Waals surface area contributed by atoms with Gasteiger partial charge in [-0.05, 0) is 29.4 Å². The monoisotopic (exact) mass is 255 g/mol. The van der Waals surface area contributed by atoms with Crippen LogP contribution in [-0.2, 0) is 0 Å². The van der Waals surface area contributed by atoms with Crippen LogP contribution < -0.4 is 12.4 Å². The summed E-state index contributed by atoms with van der Waals surface area (Å²) >= 11 is 0. The number of rotatable bonds is 2. The van der Waals surface area contributed by atoms with Crippen molar-refractivity contribution in [3.63, 3.8) is 0 Å². The van der Waals surface area contributed by atoms with Gasteiger partial charge in [-0.25, -0.2) is 4.39 Å². The summed E-state index contributed by atoms with van der Waals surface area (Å²) in [6.45, 7) is 0. The number of benzene rings is 1. The fourth-order valence-electron chi connectivity index (χ4n) is 1.44. The van der Waals surface area contributed by atoms with Crippen LogP contribution in [0, 0.1) is 5.82 Å². The maximum Gasteiger partial charge on any atom is 0.464 e. The highest BCUT2D eigenvalue weighted by molar-refractivity contribution is 6.11. The van der Waals surface area contributed by atoms with Crippen molar-refractivity contribution in [1.29, 1.82) is 0 Å². The number of nitrogens with zero attached hydrogens (tertiary/aromatic N) is 4. The molecule has 0 amide bonds. The number of hydrogen-bond donors (Lipinski definition) is 0. The van der Waals surface area contributed by atoms with E-state index in [1.165, 1.54) is 12.1 Å². The third kappa shape index (κ3) is 3.17. The van der Waals surface area contributed by atoms with Gasteiger partial charge < -0.3 is 12.4 Å². The molecule has 90 valence electrons. The summed E-state index contributed by atoms with van der Waals surface area (Å²) in [5, 5.41) is 8.24. The van der Waals surface area contributed by atoms with E-state index in [1.54, 1.807) is 12.1 Å². The van der Waals surface area contributed by atoms with Gasteiger partial charge >= 0.3 is 6.29 Å². The number of halogens is 2. The lowest BCUT2D eigenvalue weighted by Crippen LogP contribution is -3.00. The molecule has 0 saturated carbocycles. The Hall–Kier alpha value is -1.62. The SMILES string of the molecule is C[N+]1=CC=[N+](C)C1N=Nc1ccc(F)cc1.[Cl-]. The first-order valence-corrected chi connectivity index (χ1v) is 4.95. The first kappa shape index (κ1) is 13.4. The van der Waals surface area contributed by atoms with E-state index in [-0.39, 0.29) is 24.5 Å². The van der Waals surface area contributed by atoms with Crippen molar-refractivity contribution in [3.8, 4) is 0 Å². The number of hydrogen-bond acceptors (Lipinski definition) is 2. The summed E-state index contributed by atoms with van der Waals surface area (Å²) in [6, 6.07) is 5.94. The van der Waals surface area contributed by atoms with Crippen LogP contribution in [0.25, 0.3) is 0 Å². The van der Waals surface area contributed by atoms with Crippen LogP contribution in [0.4, 0.5) is 10.1 Å². The minimum atomic E-state index is -0.268. The Labute approximate surface area is 105 Å². The summed E-state index contributed by atoms with van der Waals surface area (Å²) < 4.78 is 16.5. The highest BCUT2D eigenvalue weighted by Gasteiger charge is 2.29. The zero-order valence-corrected chi connectivity index (χ0v) is 10.3. The molecular weight excluding hydrogens is 243 g/mol. The van der Waals surface area contributed by atoms with Crippen molar-refractivity contribution in [2.24, 2.45) is 10.2 Å². The van der Waals surface area contributed by atoms with Gasteiger partial charge in [0, 0.05) is 0 Å². The predicted molar refractivity (Wildman–Crippen MR) is 59.2 cm³/mol. The van der Waals surface area contributed by atoms with E-state index in [9.17, 15) is 4.39 Å². The van der Waals surface area contributed by atoms with Crippen LogP contribution in [0.3, 0.4) is 0 Å². The molecule has 0 N–H and O–H groups in total. The van der Waals surface area contributed by atoms with Gasteiger partial charge in [-0.3, -0.25) is 0 Å². The first-order chi connectivity index (χ1) is 7.66. The maximum absolute atomic E-state index is 12.7. The van der Waals surface area contributed by atoms with Gasteiger partial charge in [-0.15, -0.1) is 14.3 Å². The Bertz CT molecular complexity index is 461. The van der Waals surface area contributed by atoms with Crippen molar-refractivity contribution >= 4 is 18.1 Å². The second-order valence-corrected chi connectivity index (χ2v) is 3.67. The van der Waals surface area contributed by atoms with Crippen LogP contribution in [0.5, 0.6) is 0 Å². The first-order valence-electron chi connectivity index (χ1n) is 4.95. The molecule has 1 heterocycles. The molecule has 2 rings (SSSR count). The Kier molecular flexibility index (Phi) is 4.45. The van der Waals surface area contributed by atoms with Crippen molar-refractivity contribution in [1.82, 2.24) is 0 Å². The fourth-order valence-corrected chi connectivity index (χ4v) is 1.44. The molecular formula is C11H13ClFN4+. The molecule has 0 aliphatic carbocycles. The molecule has 4 nitrogen and oxygen atoms in total. The van der Waals surface area contributed by atoms with Gasteiger partial charge in [0.2, 0.25) is 12.4 Å². The maximum atomic E-state index is 12.7. The quantitative estimate of drug-likeness (QED) is 0.462. The van der Waals surface area contributed by atoms with Gasteiger partial charge in [0.15, 0.2) is 0 Å². The largest absolute Gasteiger partial charge is 1.00 e. The standard InChI is InChI=1S/C11H13FN4.ClH/c1-15-7-8-16(2)11(15)14-13-10-5-3-9(12)4-6-10;/h3-8,11H,1-2H3;1H/q+2;/p-1. The second kappa shape index (κ2) is 5.63. The summed E-state index contributed by atoms with van der Waals surface area (Å²) in [5.74, 6) is -0.268. The molecule has 0 unspecified atom stereocenters. The minimum absolute atomic E-state index is 0. The highest BCUT2D eigenvalue weighted by Crippen LogP contribution is 2.13. The number of azo groups is 1. The van der Waals surface area contributed by atoms with E-state index >= 15 is 0 Å². The van der Waals surface area contributed by atoms with Crippen LogP contribution in [-0.4, -0.2) is 42.0 Å². The van der Waals surface area contributed by atoms with Gasteiger partial charge in [0.1, 0.15) is 19.9 Å². The molecule has 6 heteroatoms. The molecule has 0 saturated heterocycles. The molecule has 1 aromatic rings. The van der Waals surface area contributed by atoms with E-state index in [0.29, 0.717) is 5.69 Å². The highest BCUT2D eigenvalue weighted by atomic mass is 35.5. The molecule has 1 aliphatic heterocycles. The third-order valence-corrected chi connectivity index (χ3v) is 2.37. The zero-order chi connectivity index (χ0) is 11.5. The Morgan fingerprint density at radius 3 is 2.12 bits per heavy atom. The third-order valence-electron chi connectivity index (χ3n) is 2.37. The summed E-state index contributed by atoms with van der Waals surface area (Å²) in [5.41, 5.74) is 0.648. The van der Waals surface area contributed by atoms with Crippen molar-refractivity contribution in [2.75, 3.05) is 14.1 Å². The normalized spacial score (nSPS) is 15.7.